The summed E-state index contributed by atoms with van der Waals surface area (Å²) < 4.78 is 0. The molecule has 2 atom stereocenters. The average Bonchev–Trinajstić information content (AvgIpc) is 2.88. The Balaban J connectivity index is 2.01. The van der Waals surface area contributed by atoms with Crippen molar-refractivity contribution < 1.29 is 4.79 Å². The quantitative estimate of drug-likeness (QED) is 0.807. The molecule has 0 spiro atoms. The molecule has 1 saturated carbocycles. The summed E-state index contributed by atoms with van der Waals surface area (Å²) in [6.45, 7) is 8.59. The third-order valence-electron chi connectivity index (χ3n) is 5.02. The smallest absolute Gasteiger partial charge is 0.227 e. The summed E-state index contributed by atoms with van der Waals surface area (Å²) >= 11 is 0. The summed E-state index contributed by atoms with van der Waals surface area (Å²) in [4.78, 5) is 12.6. The maximum Gasteiger partial charge on any atom is 0.227 e. The van der Waals surface area contributed by atoms with Gasteiger partial charge in [0.15, 0.2) is 0 Å². The van der Waals surface area contributed by atoms with E-state index in [4.69, 9.17) is 0 Å². The van der Waals surface area contributed by atoms with Gasteiger partial charge in [0.1, 0.15) is 0 Å². The van der Waals surface area contributed by atoms with E-state index in [1.54, 1.807) is 0 Å². The minimum Gasteiger partial charge on any atom is -0.352 e. The monoisotopic (exact) mass is 252 g/mol. The van der Waals surface area contributed by atoms with Gasteiger partial charge in [0.2, 0.25) is 5.91 Å². The van der Waals surface area contributed by atoms with Crippen LogP contribution < -0.4 is 10.6 Å². The highest BCUT2D eigenvalue weighted by molar-refractivity contribution is 5.83. The van der Waals surface area contributed by atoms with Gasteiger partial charge in [-0.1, -0.05) is 33.6 Å². The van der Waals surface area contributed by atoms with Gasteiger partial charge < -0.3 is 10.6 Å². The summed E-state index contributed by atoms with van der Waals surface area (Å²) in [5, 5.41) is 6.72. The van der Waals surface area contributed by atoms with Crippen LogP contribution in [0.25, 0.3) is 0 Å². The van der Waals surface area contributed by atoms with Gasteiger partial charge in [0, 0.05) is 12.6 Å². The van der Waals surface area contributed by atoms with Crippen molar-refractivity contribution in [2.75, 3.05) is 13.1 Å². The summed E-state index contributed by atoms with van der Waals surface area (Å²) in [5.41, 5.74) is 0.141. The van der Waals surface area contributed by atoms with E-state index in [1.165, 1.54) is 12.8 Å². The van der Waals surface area contributed by atoms with E-state index in [0.29, 0.717) is 11.9 Å². The molecule has 0 bridgehead atoms. The topological polar surface area (TPSA) is 41.1 Å². The summed E-state index contributed by atoms with van der Waals surface area (Å²) in [7, 11) is 0. The molecule has 18 heavy (non-hydrogen) atoms. The normalized spacial score (nSPS) is 34.7. The SMILES string of the molecule is CCCC1(C(=O)NC2CCCC2(C)C)CCNC1. The Kier molecular flexibility index (Phi) is 4.00. The largest absolute Gasteiger partial charge is 0.352 e. The molecule has 3 nitrogen and oxygen atoms in total. The molecule has 1 saturated heterocycles. The van der Waals surface area contributed by atoms with Crippen LogP contribution >= 0.6 is 0 Å². The van der Waals surface area contributed by atoms with Crippen molar-refractivity contribution in [3.63, 3.8) is 0 Å². The number of nitrogens with one attached hydrogen (secondary N) is 2. The minimum atomic E-state index is -0.132. The van der Waals surface area contributed by atoms with Gasteiger partial charge in [-0.2, -0.15) is 0 Å². The molecule has 2 fully saturated rings. The molecule has 0 aromatic heterocycles. The van der Waals surface area contributed by atoms with E-state index in [-0.39, 0.29) is 10.8 Å². The molecule has 3 heteroatoms. The average molecular weight is 252 g/mol. The van der Waals surface area contributed by atoms with Gasteiger partial charge in [-0.05, 0) is 37.6 Å². The van der Waals surface area contributed by atoms with E-state index in [0.717, 1.165) is 38.8 Å². The third kappa shape index (κ3) is 2.56. The second-order valence-electron chi connectivity index (χ2n) is 6.86. The lowest BCUT2D eigenvalue weighted by atomic mass is 9.80. The number of hydrogen-bond acceptors (Lipinski definition) is 2. The van der Waals surface area contributed by atoms with Crippen molar-refractivity contribution in [1.29, 1.82) is 0 Å². The van der Waals surface area contributed by atoms with Gasteiger partial charge in [-0.25, -0.2) is 0 Å². The van der Waals surface area contributed by atoms with Crippen LogP contribution in [0.15, 0.2) is 0 Å². The van der Waals surface area contributed by atoms with E-state index in [9.17, 15) is 4.79 Å². The first-order valence-corrected chi connectivity index (χ1v) is 7.52. The molecule has 2 unspecified atom stereocenters. The fourth-order valence-electron chi connectivity index (χ4n) is 3.65. The molecule has 1 aliphatic carbocycles. The summed E-state index contributed by atoms with van der Waals surface area (Å²) in [6.07, 6.45) is 6.73. The second-order valence-corrected chi connectivity index (χ2v) is 6.86. The lowest BCUT2D eigenvalue weighted by Gasteiger charge is -2.33. The molecule has 104 valence electrons. The van der Waals surface area contributed by atoms with E-state index in [2.05, 4.69) is 31.4 Å². The maximum absolute atomic E-state index is 12.6. The predicted molar refractivity (Wildman–Crippen MR) is 74.4 cm³/mol. The molecule has 0 aromatic carbocycles. The van der Waals surface area contributed by atoms with Gasteiger partial charge in [-0.3, -0.25) is 4.79 Å². The molecular weight excluding hydrogens is 224 g/mol. The highest BCUT2D eigenvalue weighted by Gasteiger charge is 2.43. The van der Waals surface area contributed by atoms with Crippen molar-refractivity contribution in [2.45, 2.75) is 65.3 Å². The summed E-state index contributed by atoms with van der Waals surface area (Å²) in [5.74, 6) is 0.300. The lowest BCUT2D eigenvalue weighted by Crippen LogP contribution is -2.49. The number of carbonyl (C=O) groups is 1. The standard InChI is InChI=1S/C15H28N2O/c1-4-7-15(9-10-16-11-15)13(18)17-12-6-5-8-14(12,2)3/h12,16H,4-11H2,1-3H3,(H,17,18). The lowest BCUT2D eigenvalue weighted by molar-refractivity contribution is -0.132. The Morgan fingerprint density at radius 3 is 2.67 bits per heavy atom. The van der Waals surface area contributed by atoms with E-state index >= 15 is 0 Å². The molecule has 2 rings (SSSR count). The zero-order chi connectivity index (χ0) is 13.2. The van der Waals surface area contributed by atoms with Crippen LogP contribution in [0.4, 0.5) is 0 Å². The van der Waals surface area contributed by atoms with Crippen LogP contribution in [0.5, 0.6) is 0 Å². The Hall–Kier alpha value is -0.570. The Labute approximate surface area is 111 Å². The fourth-order valence-corrected chi connectivity index (χ4v) is 3.65. The number of hydrogen-bond donors (Lipinski definition) is 2. The molecule has 1 heterocycles. The number of amides is 1. The van der Waals surface area contributed by atoms with Crippen molar-refractivity contribution in [3.05, 3.63) is 0 Å². The van der Waals surface area contributed by atoms with Crippen LogP contribution in [0, 0.1) is 10.8 Å². The maximum atomic E-state index is 12.6. The molecule has 2 aliphatic rings. The van der Waals surface area contributed by atoms with Gasteiger partial charge in [0.05, 0.1) is 5.41 Å². The first-order valence-electron chi connectivity index (χ1n) is 7.52. The van der Waals surface area contributed by atoms with Crippen LogP contribution in [-0.4, -0.2) is 25.0 Å². The Morgan fingerprint density at radius 1 is 1.39 bits per heavy atom. The van der Waals surface area contributed by atoms with Crippen molar-refractivity contribution in [2.24, 2.45) is 10.8 Å². The molecule has 2 N–H and O–H groups in total. The zero-order valence-corrected chi connectivity index (χ0v) is 12.1. The Morgan fingerprint density at radius 2 is 2.17 bits per heavy atom. The van der Waals surface area contributed by atoms with Crippen LogP contribution in [0.2, 0.25) is 0 Å². The Bertz CT molecular complexity index is 306. The van der Waals surface area contributed by atoms with Crippen LogP contribution in [0.1, 0.15) is 59.3 Å². The highest BCUT2D eigenvalue weighted by Crippen LogP contribution is 2.39. The van der Waals surface area contributed by atoms with Gasteiger partial charge in [-0.15, -0.1) is 0 Å². The van der Waals surface area contributed by atoms with Crippen molar-refractivity contribution in [1.82, 2.24) is 10.6 Å². The van der Waals surface area contributed by atoms with Crippen LogP contribution in [0.3, 0.4) is 0 Å². The number of carbonyl (C=O) groups excluding carboxylic acids is 1. The first-order chi connectivity index (χ1) is 8.50. The minimum absolute atomic E-state index is 0.132. The second kappa shape index (κ2) is 5.20. The predicted octanol–water partition coefficient (Wildman–Crippen LogP) is 2.46. The zero-order valence-electron chi connectivity index (χ0n) is 12.1. The first kappa shape index (κ1) is 13.9. The van der Waals surface area contributed by atoms with Crippen LogP contribution in [-0.2, 0) is 4.79 Å². The third-order valence-corrected chi connectivity index (χ3v) is 5.02. The molecule has 0 aromatic rings. The van der Waals surface area contributed by atoms with Gasteiger partial charge in [0.25, 0.3) is 0 Å². The molecule has 1 amide bonds. The summed E-state index contributed by atoms with van der Waals surface area (Å²) in [6, 6.07) is 0.374. The fraction of sp³-hybridized carbons (Fsp3) is 0.933. The van der Waals surface area contributed by atoms with Crippen molar-refractivity contribution >= 4 is 5.91 Å². The molecular formula is C15H28N2O. The van der Waals surface area contributed by atoms with Crippen molar-refractivity contribution in [3.8, 4) is 0 Å². The van der Waals surface area contributed by atoms with E-state index in [1.807, 2.05) is 0 Å². The van der Waals surface area contributed by atoms with Gasteiger partial charge >= 0.3 is 0 Å². The molecule has 1 aliphatic heterocycles. The number of rotatable bonds is 4. The highest BCUT2D eigenvalue weighted by atomic mass is 16.2. The van der Waals surface area contributed by atoms with E-state index < -0.39 is 0 Å². The molecule has 0 radical (unpaired) electrons.